The smallest absolute Gasteiger partial charge is 0.311 e. The quantitative estimate of drug-likeness (QED) is 0.0452. The zero-order valence-electron chi connectivity index (χ0n) is 49.4. The molecule has 19 heteroatoms. The van der Waals surface area contributed by atoms with Crippen molar-refractivity contribution >= 4 is 17.4 Å². The first-order chi connectivity index (χ1) is 37.2. The number of ketones is 1. The highest BCUT2D eigenvalue weighted by molar-refractivity contribution is 5.82. The molecule has 3 aliphatic heterocycles. The predicted octanol–water partition coefficient (Wildman–Crippen LogP) is 6.07. The fourth-order valence-electron chi connectivity index (χ4n) is 12.3. The number of aromatic nitrogens is 3. The molecule has 3 fully saturated rings. The molecule has 0 unspecified atom stereocenters. The first kappa shape index (κ1) is 64.2. The Morgan fingerprint density at radius 2 is 1.59 bits per heavy atom. The lowest BCUT2D eigenvalue weighted by molar-refractivity contribution is -0.318. The molecule has 0 radical (unpaired) electrons. The number of likely N-dealkylation sites (N-methyl/N-ethyl adjacent to an activating group) is 2. The largest absolute Gasteiger partial charge is 0.459 e. The Labute approximate surface area is 469 Å². The van der Waals surface area contributed by atoms with Crippen molar-refractivity contribution in [1.29, 1.82) is 0 Å². The number of hydrogen-bond donors (Lipinski definition) is 6. The number of rotatable bonds is 19. The molecule has 4 heterocycles. The maximum Gasteiger partial charge on any atom is 0.311 e. The third kappa shape index (κ3) is 16.2. The van der Waals surface area contributed by atoms with Crippen molar-refractivity contribution in [3.8, 4) is 11.3 Å². The average molecular weight is 1110 g/mol. The molecule has 0 bridgehead atoms. The van der Waals surface area contributed by atoms with Crippen LogP contribution in [0, 0.1) is 17.8 Å². The van der Waals surface area contributed by atoms with Gasteiger partial charge in [0.05, 0.1) is 47.7 Å². The third-order valence-corrected chi connectivity index (χ3v) is 17.4. The summed E-state index contributed by atoms with van der Waals surface area (Å²) in [6.45, 7) is 19.2. The number of Topliss-reactive ketones (excluding diaryl/α,β-unsaturated/α-hetero) is 1. The Balaban J connectivity index is 1.16. The molecular formula is C60H96N6O13. The van der Waals surface area contributed by atoms with Gasteiger partial charge in [-0.15, -0.1) is 5.10 Å². The molecule has 2 aromatic carbocycles. The number of nitrogens with zero attached hydrogens (tertiary/aromatic N) is 5. The van der Waals surface area contributed by atoms with Gasteiger partial charge in [-0.2, -0.15) is 0 Å². The Kier molecular flexibility index (Phi) is 22.7. The summed E-state index contributed by atoms with van der Waals surface area (Å²) < 4.78 is 40.3. The number of ether oxygens (including phenoxy) is 6. The summed E-state index contributed by atoms with van der Waals surface area (Å²) in [5.41, 5.74) is 5.71. The number of aliphatic hydroxyl groups excluding tert-OH is 3. The zero-order valence-corrected chi connectivity index (χ0v) is 49.4. The highest BCUT2D eigenvalue weighted by atomic mass is 16.7. The highest BCUT2D eigenvalue weighted by Crippen LogP contribution is 2.40. The molecule has 1 aromatic heterocycles. The molecule has 3 aliphatic rings. The number of hydrogen-bond acceptors (Lipinski definition) is 18. The number of aryl methyl sites for hydroxylation is 1. The topological polar surface area (TPSA) is 254 Å². The SMILES string of the molecule is CC[C@H]1OC(=O)[C@H](C)[C@@H](O[C@H]2C[C@@](C)(OC)[C@@H](O)[C@H](C)O2)[C@H](C)[C@@H](O[C@@H]2O[C@H](C)C[C@H](N(C)Cc3ccc(-c4cn(CCCCCCC(=O)Cc5ccccc5N)nn4)cc3)[C@H]2O)[C@](C)(O)C[C@@H](C)CN(C)[C@H](C)[C@@H](O)[C@]1(C)O. The van der Waals surface area contributed by atoms with Gasteiger partial charge in [-0.3, -0.25) is 19.2 Å². The molecule has 6 rings (SSSR count). The third-order valence-electron chi connectivity index (χ3n) is 17.4. The number of nitrogen functional groups attached to an aromatic ring is 1. The van der Waals surface area contributed by atoms with Gasteiger partial charge in [0.2, 0.25) is 0 Å². The van der Waals surface area contributed by atoms with Gasteiger partial charge in [-0.1, -0.05) is 81.3 Å². The van der Waals surface area contributed by atoms with Crippen molar-refractivity contribution in [1.82, 2.24) is 24.8 Å². The number of methoxy groups -OCH3 is 1. The van der Waals surface area contributed by atoms with Gasteiger partial charge >= 0.3 is 5.97 Å². The van der Waals surface area contributed by atoms with E-state index < -0.39 is 102 Å². The van der Waals surface area contributed by atoms with Crippen molar-refractivity contribution in [2.24, 2.45) is 17.8 Å². The molecular weight excluding hydrogens is 1010 g/mol. The van der Waals surface area contributed by atoms with Gasteiger partial charge in [0.15, 0.2) is 12.6 Å². The fraction of sp³-hybridized carbons (Fsp3) is 0.733. The number of unbranched alkanes of at least 4 members (excludes halogenated alkanes) is 3. The van der Waals surface area contributed by atoms with E-state index in [4.69, 9.17) is 34.2 Å². The molecule has 79 heavy (non-hydrogen) atoms. The van der Waals surface area contributed by atoms with Crippen LogP contribution in [0.4, 0.5) is 5.69 Å². The minimum atomic E-state index is -1.84. The maximum absolute atomic E-state index is 14.5. The maximum atomic E-state index is 14.5. The van der Waals surface area contributed by atoms with E-state index >= 15 is 0 Å². The second-order valence-corrected chi connectivity index (χ2v) is 24.3. The van der Waals surface area contributed by atoms with Crippen molar-refractivity contribution in [2.75, 3.05) is 33.5 Å². The van der Waals surface area contributed by atoms with Crippen LogP contribution < -0.4 is 5.73 Å². The molecule has 0 aliphatic carbocycles. The van der Waals surface area contributed by atoms with E-state index in [0.717, 1.165) is 54.6 Å². The summed E-state index contributed by atoms with van der Waals surface area (Å²) >= 11 is 0. The van der Waals surface area contributed by atoms with Crippen molar-refractivity contribution in [2.45, 2.75) is 237 Å². The van der Waals surface area contributed by atoms with Crippen LogP contribution in [-0.2, 0) is 57.5 Å². The monoisotopic (exact) mass is 1110 g/mol. The van der Waals surface area contributed by atoms with E-state index in [9.17, 15) is 35.1 Å². The summed E-state index contributed by atoms with van der Waals surface area (Å²) in [7, 11) is 5.30. The van der Waals surface area contributed by atoms with Crippen LogP contribution in [0.25, 0.3) is 11.3 Å². The molecule has 0 spiro atoms. The van der Waals surface area contributed by atoms with E-state index in [1.54, 1.807) is 41.5 Å². The summed E-state index contributed by atoms with van der Waals surface area (Å²) in [4.78, 5) is 31.0. The minimum Gasteiger partial charge on any atom is -0.459 e. The molecule has 7 N–H and O–H groups in total. The number of benzene rings is 2. The molecule has 0 saturated carbocycles. The molecule has 3 aromatic rings. The van der Waals surface area contributed by atoms with Crippen LogP contribution in [0.5, 0.6) is 0 Å². The number of cyclic esters (lactones) is 1. The number of para-hydroxylation sites is 1. The zero-order chi connectivity index (χ0) is 58.1. The van der Waals surface area contributed by atoms with Crippen LogP contribution in [0.1, 0.15) is 138 Å². The molecule has 3 saturated heterocycles. The number of esters is 1. The van der Waals surface area contributed by atoms with Crippen molar-refractivity contribution in [3.05, 3.63) is 65.9 Å². The molecule has 0 amide bonds. The summed E-state index contributed by atoms with van der Waals surface area (Å²) in [5, 5.41) is 68.8. The fourth-order valence-corrected chi connectivity index (χ4v) is 12.3. The summed E-state index contributed by atoms with van der Waals surface area (Å²) in [6, 6.07) is 14.6. The van der Waals surface area contributed by atoms with E-state index in [2.05, 4.69) is 15.2 Å². The van der Waals surface area contributed by atoms with Gasteiger partial charge in [0, 0.05) is 75.3 Å². The first-order valence-corrected chi connectivity index (χ1v) is 28.8. The van der Waals surface area contributed by atoms with Crippen LogP contribution in [0.3, 0.4) is 0 Å². The summed E-state index contributed by atoms with van der Waals surface area (Å²) in [5.74, 6) is -2.59. The van der Waals surface area contributed by atoms with Gasteiger partial charge in [-0.05, 0) is 118 Å². The number of carbonyl (C=O) groups excluding carboxylic acids is 2. The van der Waals surface area contributed by atoms with Crippen molar-refractivity contribution in [3.63, 3.8) is 0 Å². The van der Waals surface area contributed by atoms with Gasteiger partial charge in [0.1, 0.15) is 41.5 Å². The second kappa shape index (κ2) is 27.9. The van der Waals surface area contributed by atoms with Crippen molar-refractivity contribution < 1.29 is 63.5 Å². The van der Waals surface area contributed by atoms with E-state index in [-0.39, 0.29) is 37.1 Å². The number of nitrogens with two attached hydrogens (primary N) is 1. The Morgan fingerprint density at radius 3 is 2.27 bits per heavy atom. The predicted molar refractivity (Wildman–Crippen MR) is 300 cm³/mol. The Morgan fingerprint density at radius 1 is 0.911 bits per heavy atom. The average Bonchev–Trinajstić information content (AvgIpc) is 3.88. The Bertz CT molecular complexity index is 2390. The van der Waals surface area contributed by atoms with Crippen LogP contribution >= 0.6 is 0 Å². The van der Waals surface area contributed by atoms with Gasteiger partial charge < -0.3 is 64.6 Å². The highest BCUT2D eigenvalue weighted by Gasteiger charge is 2.53. The molecule has 19 nitrogen and oxygen atoms in total. The van der Waals surface area contributed by atoms with Crippen LogP contribution in [-0.4, -0.2) is 180 Å². The number of aliphatic hydroxyl groups is 5. The molecule has 444 valence electrons. The van der Waals surface area contributed by atoms with Gasteiger partial charge in [-0.25, -0.2) is 0 Å². The van der Waals surface area contributed by atoms with E-state index in [0.29, 0.717) is 38.0 Å². The lowest BCUT2D eigenvalue weighted by Gasteiger charge is -2.49. The lowest BCUT2D eigenvalue weighted by Crippen LogP contribution is -2.60. The second-order valence-electron chi connectivity index (χ2n) is 24.3. The minimum absolute atomic E-state index is 0.0999. The van der Waals surface area contributed by atoms with E-state index in [1.165, 1.54) is 14.0 Å². The van der Waals surface area contributed by atoms with Crippen LogP contribution in [0.2, 0.25) is 0 Å². The number of carbonyl (C=O) groups is 2. The molecule has 18 atom stereocenters. The first-order valence-electron chi connectivity index (χ1n) is 28.8. The van der Waals surface area contributed by atoms with E-state index in [1.807, 2.05) is 99.2 Å². The standard InChI is InChI=1S/C60H96N6O13/c1-14-49-60(10,73)53(69)40(6)64(11)33-36(2)31-58(8,72)55(38(4)52(39(5)56(71)77-49)78-50-32-59(9,74-13)54(70)41(7)76-50)79-57-51(68)48(29-37(3)75-57)65(12)34-42-24-26-43(27-25-42)47-35-66(63-62-47)28-20-16-15-17-22-45(67)30-44-21-18-19-23-46(44)61/h18-19,21,23-27,35-41,48-55,57,68-70,72-73H,14-17,20,22,28-34,61H2,1-13H3/t36-,37-,38+,39-,40-,41+,48+,49-,50+,51-,52+,53-,54+,55-,57+,58-,59-,60-/m1/s1. The normalized spacial score (nSPS) is 36.6. The Hall–Kier alpha value is -3.96. The van der Waals surface area contributed by atoms with Gasteiger partial charge in [0.25, 0.3) is 0 Å². The summed E-state index contributed by atoms with van der Waals surface area (Å²) in [6.07, 6.45) is -2.53. The number of anilines is 1. The lowest BCUT2D eigenvalue weighted by atomic mass is 9.77. The van der Waals surface area contributed by atoms with Crippen LogP contribution in [0.15, 0.2) is 54.7 Å².